The van der Waals surface area contributed by atoms with E-state index < -0.39 is 11.6 Å². The van der Waals surface area contributed by atoms with Crippen LogP contribution in [0.4, 0.5) is 4.79 Å². The lowest BCUT2D eigenvalue weighted by molar-refractivity contribution is -0.124. The number of urea groups is 1. The highest BCUT2D eigenvalue weighted by Gasteiger charge is 2.41. The van der Waals surface area contributed by atoms with E-state index in [2.05, 4.69) is 33.7 Å². The van der Waals surface area contributed by atoms with Gasteiger partial charge >= 0.3 is 6.03 Å². The zero-order chi connectivity index (χ0) is 23.8. The van der Waals surface area contributed by atoms with Crippen LogP contribution in [0.25, 0.3) is 0 Å². The number of benzene rings is 1. The Kier molecular flexibility index (Phi) is 8.41. The van der Waals surface area contributed by atoms with Crippen LogP contribution in [0.5, 0.6) is 0 Å². The maximum atomic E-state index is 13.5. The van der Waals surface area contributed by atoms with Crippen LogP contribution >= 0.6 is 0 Å². The quantitative estimate of drug-likeness (QED) is 0.643. The topological polar surface area (TPSA) is 97.7 Å². The average molecular weight is 468 g/mol. The summed E-state index contributed by atoms with van der Waals surface area (Å²) < 4.78 is 5.35. The van der Waals surface area contributed by atoms with E-state index in [9.17, 15) is 14.9 Å². The Morgan fingerprint density at radius 3 is 2.56 bits per heavy atom. The predicted molar refractivity (Wildman–Crippen MR) is 129 cm³/mol. The summed E-state index contributed by atoms with van der Waals surface area (Å²) in [5, 5.41) is 16.1. The SMILES string of the molecule is N#CC1(NC(=O)C(CC2CCCCC2)NC(=O)N2CCOCC2)CCN(Cc2ccccc2)C1. The molecule has 2 aliphatic heterocycles. The molecule has 3 amide bonds. The molecular weight excluding hydrogens is 430 g/mol. The molecule has 2 N–H and O–H groups in total. The predicted octanol–water partition coefficient (Wildman–Crippen LogP) is 2.65. The lowest BCUT2D eigenvalue weighted by Crippen LogP contribution is -2.58. The number of nitrogens with zero attached hydrogens (tertiary/aromatic N) is 3. The summed E-state index contributed by atoms with van der Waals surface area (Å²) in [6, 6.07) is 11.7. The Morgan fingerprint density at radius 2 is 1.85 bits per heavy atom. The molecule has 0 spiro atoms. The molecule has 1 saturated carbocycles. The van der Waals surface area contributed by atoms with Crippen LogP contribution < -0.4 is 10.6 Å². The van der Waals surface area contributed by atoms with Crippen molar-refractivity contribution in [1.29, 1.82) is 5.26 Å². The van der Waals surface area contributed by atoms with Gasteiger partial charge in [0.05, 0.1) is 19.3 Å². The lowest BCUT2D eigenvalue weighted by atomic mass is 9.84. The summed E-state index contributed by atoms with van der Waals surface area (Å²) >= 11 is 0. The number of amides is 3. The average Bonchev–Trinajstić information content (AvgIpc) is 3.28. The van der Waals surface area contributed by atoms with Gasteiger partial charge in [-0.2, -0.15) is 5.26 Å². The second kappa shape index (κ2) is 11.7. The molecule has 184 valence electrons. The van der Waals surface area contributed by atoms with E-state index in [1.165, 1.54) is 24.8 Å². The van der Waals surface area contributed by atoms with Crippen LogP contribution in [0.15, 0.2) is 30.3 Å². The highest BCUT2D eigenvalue weighted by atomic mass is 16.5. The lowest BCUT2D eigenvalue weighted by Gasteiger charge is -2.32. The third kappa shape index (κ3) is 6.49. The first kappa shape index (κ1) is 24.5. The van der Waals surface area contributed by atoms with Crippen molar-refractivity contribution >= 4 is 11.9 Å². The van der Waals surface area contributed by atoms with Crippen molar-refractivity contribution in [2.45, 2.75) is 63.1 Å². The molecule has 8 heteroatoms. The second-order valence-electron chi connectivity index (χ2n) is 9.97. The van der Waals surface area contributed by atoms with Crippen LogP contribution in [0.3, 0.4) is 0 Å². The molecule has 4 rings (SSSR count). The van der Waals surface area contributed by atoms with Crippen LogP contribution in [0.1, 0.15) is 50.5 Å². The van der Waals surface area contributed by atoms with Crippen LogP contribution in [0.2, 0.25) is 0 Å². The van der Waals surface area contributed by atoms with Gasteiger partial charge in [-0.15, -0.1) is 0 Å². The summed E-state index contributed by atoms with van der Waals surface area (Å²) in [4.78, 5) is 30.3. The fraction of sp³-hybridized carbons (Fsp3) is 0.654. The fourth-order valence-electron chi connectivity index (χ4n) is 5.40. The summed E-state index contributed by atoms with van der Waals surface area (Å²) in [6.07, 6.45) is 6.96. The Labute approximate surface area is 202 Å². The molecule has 2 unspecified atom stereocenters. The maximum Gasteiger partial charge on any atom is 0.318 e. The zero-order valence-corrected chi connectivity index (χ0v) is 20.0. The molecule has 34 heavy (non-hydrogen) atoms. The summed E-state index contributed by atoms with van der Waals surface area (Å²) in [5.74, 6) is 0.181. The van der Waals surface area contributed by atoms with Gasteiger partial charge in [-0.3, -0.25) is 9.69 Å². The summed E-state index contributed by atoms with van der Waals surface area (Å²) in [6.45, 7) is 4.07. The molecule has 0 bridgehead atoms. The number of hydrogen-bond donors (Lipinski definition) is 2. The number of nitriles is 1. The van der Waals surface area contributed by atoms with E-state index in [-0.39, 0.29) is 11.9 Å². The number of rotatable bonds is 7. The number of carbonyl (C=O) groups is 2. The molecule has 0 radical (unpaired) electrons. The summed E-state index contributed by atoms with van der Waals surface area (Å²) in [5.41, 5.74) is 0.260. The van der Waals surface area contributed by atoms with Gasteiger partial charge in [0.2, 0.25) is 5.91 Å². The Morgan fingerprint density at radius 1 is 1.12 bits per heavy atom. The minimum absolute atomic E-state index is 0.220. The van der Waals surface area contributed by atoms with Crippen molar-refractivity contribution in [2.24, 2.45) is 5.92 Å². The van der Waals surface area contributed by atoms with Gasteiger partial charge in [0.1, 0.15) is 11.6 Å². The van der Waals surface area contributed by atoms with E-state index in [1.54, 1.807) is 4.90 Å². The maximum absolute atomic E-state index is 13.5. The third-order valence-corrected chi connectivity index (χ3v) is 7.38. The van der Waals surface area contributed by atoms with Gasteiger partial charge in [0, 0.05) is 32.7 Å². The van der Waals surface area contributed by atoms with Gasteiger partial charge in [0.15, 0.2) is 0 Å². The van der Waals surface area contributed by atoms with Crippen molar-refractivity contribution < 1.29 is 14.3 Å². The van der Waals surface area contributed by atoms with Gasteiger partial charge in [-0.05, 0) is 24.3 Å². The van der Waals surface area contributed by atoms with Crippen molar-refractivity contribution in [3.8, 4) is 6.07 Å². The zero-order valence-electron chi connectivity index (χ0n) is 20.0. The van der Waals surface area contributed by atoms with Crippen molar-refractivity contribution in [2.75, 3.05) is 39.4 Å². The van der Waals surface area contributed by atoms with Crippen molar-refractivity contribution in [1.82, 2.24) is 20.4 Å². The van der Waals surface area contributed by atoms with E-state index in [0.717, 1.165) is 25.9 Å². The number of nitrogens with one attached hydrogen (secondary N) is 2. The highest BCUT2D eigenvalue weighted by molar-refractivity contribution is 5.88. The molecule has 3 fully saturated rings. The fourth-order valence-corrected chi connectivity index (χ4v) is 5.40. The highest BCUT2D eigenvalue weighted by Crippen LogP contribution is 2.28. The number of hydrogen-bond acceptors (Lipinski definition) is 5. The van der Waals surface area contributed by atoms with Crippen LogP contribution in [0, 0.1) is 17.2 Å². The molecule has 1 aromatic rings. The Balaban J connectivity index is 1.40. The smallest absolute Gasteiger partial charge is 0.318 e. The molecular formula is C26H37N5O3. The van der Waals surface area contributed by atoms with Crippen molar-refractivity contribution in [3.63, 3.8) is 0 Å². The minimum Gasteiger partial charge on any atom is -0.378 e. The normalized spacial score (nSPS) is 24.9. The molecule has 2 heterocycles. The molecule has 1 aromatic carbocycles. The van der Waals surface area contributed by atoms with E-state index in [0.29, 0.717) is 51.6 Å². The molecule has 1 aliphatic carbocycles. The summed E-state index contributed by atoms with van der Waals surface area (Å²) in [7, 11) is 0. The van der Waals surface area contributed by atoms with Crippen LogP contribution in [-0.2, 0) is 16.1 Å². The Hall–Kier alpha value is -2.63. The number of carbonyl (C=O) groups excluding carboxylic acids is 2. The molecule has 3 aliphatic rings. The van der Waals surface area contributed by atoms with Gasteiger partial charge < -0.3 is 20.3 Å². The number of likely N-dealkylation sites (tertiary alicyclic amines) is 1. The van der Waals surface area contributed by atoms with Crippen molar-refractivity contribution in [3.05, 3.63) is 35.9 Å². The molecule has 0 aromatic heterocycles. The molecule has 2 atom stereocenters. The van der Waals surface area contributed by atoms with Crippen LogP contribution in [-0.4, -0.2) is 72.7 Å². The third-order valence-electron chi connectivity index (χ3n) is 7.38. The minimum atomic E-state index is -0.930. The first-order valence-electron chi connectivity index (χ1n) is 12.7. The van der Waals surface area contributed by atoms with E-state index in [4.69, 9.17) is 4.74 Å². The monoisotopic (exact) mass is 467 g/mol. The molecule has 8 nitrogen and oxygen atoms in total. The Bertz CT molecular complexity index is 861. The van der Waals surface area contributed by atoms with Gasteiger partial charge in [0.25, 0.3) is 0 Å². The van der Waals surface area contributed by atoms with E-state index in [1.807, 2.05) is 18.2 Å². The second-order valence-corrected chi connectivity index (χ2v) is 9.97. The standard InChI is InChI=1S/C26H37N5O3/c27-19-26(11-12-30(20-26)18-22-9-5-2-6-10-22)29-24(32)23(17-21-7-3-1-4-8-21)28-25(33)31-13-15-34-16-14-31/h2,5-6,9-10,21,23H,1,3-4,7-8,11-18,20H2,(H,28,33)(H,29,32). The largest absolute Gasteiger partial charge is 0.378 e. The van der Waals surface area contributed by atoms with Gasteiger partial charge in [-0.25, -0.2) is 4.79 Å². The number of ether oxygens (including phenoxy) is 1. The first-order chi connectivity index (χ1) is 16.6. The van der Waals surface area contributed by atoms with E-state index >= 15 is 0 Å². The first-order valence-corrected chi connectivity index (χ1v) is 12.7. The molecule has 2 saturated heterocycles. The van der Waals surface area contributed by atoms with Gasteiger partial charge in [-0.1, -0.05) is 62.4 Å². The number of morpholine rings is 1.